The van der Waals surface area contributed by atoms with Crippen molar-refractivity contribution in [3.05, 3.63) is 30.5 Å². The van der Waals surface area contributed by atoms with Crippen molar-refractivity contribution in [2.75, 3.05) is 18.5 Å². The van der Waals surface area contributed by atoms with Crippen LogP contribution in [0.1, 0.15) is 19.0 Å². The Morgan fingerprint density at radius 2 is 2.26 bits per heavy atom. The first-order valence-electron chi connectivity index (χ1n) is 6.46. The molecule has 6 nitrogen and oxygen atoms in total. The minimum atomic E-state index is 0.608. The lowest BCUT2D eigenvalue weighted by Gasteiger charge is -2.08. The highest BCUT2D eigenvalue weighted by Crippen LogP contribution is 2.11. The third-order valence-electron chi connectivity index (χ3n) is 2.56. The first-order valence-corrected chi connectivity index (χ1v) is 6.46. The molecule has 1 N–H and O–H groups in total. The third-order valence-corrected chi connectivity index (χ3v) is 2.56. The second kappa shape index (κ2) is 6.72. The van der Waals surface area contributed by atoms with Crippen molar-refractivity contribution in [3.63, 3.8) is 0 Å². The summed E-state index contributed by atoms with van der Waals surface area (Å²) >= 11 is 0. The second-order valence-electron chi connectivity index (χ2n) is 4.19. The molecular formula is C13H19N5O. The maximum absolute atomic E-state index is 5.39. The Hall–Kier alpha value is -2.11. The van der Waals surface area contributed by atoms with Gasteiger partial charge in [-0.05, 0) is 20.3 Å². The van der Waals surface area contributed by atoms with Crippen molar-refractivity contribution in [2.24, 2.45) is 0 Å². The van der Waals surface area contributed by atoms with E-state index in [4.69, 9.17) is 4.74 Å². The summed E-state index contributed by atoms with van der Waals surface area (Å²) in [5.74, 6) is 1.24. The molecule has 0 saturated heterocycles. The van der Waals surface area contributed by atoms with E-state index in [2.05, 4.69) is 20.3 Å². The molecule has 2 aromatic heterocycles. The van der Waals surface area contributed by atoms with Crippen LogP contribution in [0.3, 0.4) is 0 Å². The molecule has 0 radical (unpaired) electrons. The van der Waals surface area contributed by atoms with Crippen LogP contribution in [-0.2, 0) is 6.54 Å². The van der Waals surface area contributed by atoms with Gasteiger partial charge in [0.15, 0.2) is 0 Å². The first-order chi connectivity index (χ1) is 9.28. The molecule has 0 aliphatic carbocycles. The molecule has 0 fully saturated rings. The highest BCUT2D eigenvalue weighted by Gasteiger charge is 2.02. The number of nitrogens with one attached hydrogen (secondary N) is 1. The number of imidazole rings is 1. The zero-order valence-electron chi connectivity index (χ0n) is 11.3. The SMILES string of the molecule is CCOc1cc(C)nc(NCCCn2ccnc2)n1. The van der Waals surface area contributed by atoms with E-state index in [1.165, 1.54) is 0 Å². The average Bonchev–Trinajstić information content (AvgIpc) is 2.87. The van der Waals surface area contributed by atoms with Crippen molar-refractivity contribution in [3.8, 4) is 5.88 Å². The second-order valence-corrected chi connectivity index (χ2v) is 4.19. The lowest BCUT2D eigenvalue weighted by Crippen LogP contribution is -2.09. The molecule has 19 heavy (non-hydrogen) atoms. The Bertz CT molecular complexity index is 498. The molecular weight excluding hydrogens is 242 g/mol. The van der Waals surface area contributed by atoms with Gasteiger partial charge in [-0.3, -0.25) is 0 Å². The van der Waals surface area contributed by atoms with Gasteiger partial charge in [-0.1, -0.05) is 0 Å². The molecule has 0 saturated carbocycles. The van der Waals surface area contributed by atoms with Crippen molar-refractivity contribution in [1.29, 1.82) is 0 Å². The monoisotopic (exact) mass is 261 g/mol. The molecule has 0 bridgehead atoms. The summed E-state index contributed by atoms with van der Waals surface area (Å²) in [6, 6.07) is 1.83. The van der Waals surface area contributed by atoms with Crippen LogP contribution in [-0.4, -0.2) is 32.7 Å². The third kappa shape index (κ3) is 4.24. The van der Waals surface area contributed by atoms with Crippen molar-refractivity contribution >= 4 is 5.95 Å². The Morgan fingerprint density at radius 3 is 3.00 bits per heavy atom. The lowest BCUT2D eigenvalue weighted by molar-refractivity contribution is 0.326. The highest BCUT2D eigenvalue weighted by atomic mass is 16.5. The summed E-state index contributed by atoms with van der Waals surface area (Å²) in [6.07, 6.45) is 6.54. The molecule has 102 valence electrons. The maximum atomic E-state index is 5.39. The lowest BCUT2D eigenvalue weighted by atomic mass is 10.4. The van der Waals surface area contributed by atoms with Crippen LogP contribution in [0.15, 0.2) is 24.8 Å². The minimum absolute atomic E-state index is 0.608. The topological polar surface area (TPSA) is 64.9 Å². The number of hydrogen-bond donors (Lipinski definition) is 1. The largest absolute Gasteiger partial charge is 0.478 e. The van der Waals surface area contributed by atoms with E-state index < -0.39 is 0 Å². The molecule has 0 aliphatic heterocycles. The normalized spacial score (nSPS) is 10.4. The van der Waals surface area contributed by atoms with Crippen molar-refractivity contribution in [1.82, 2.24) is 19.5 Å². The molecule has 0 spiro atoms. The van der Waals surface area contributed by atoms with Gasteiger partial charge in [-0.25, -0.2) is 9.97 Å². The van der Waals surface area contributed by atoms with E-state index >= 15 is 0 Å². The van der Waals surface area contributed by atoms with Gasteiger partial charge in [0.1, 0.15) is 0 Å². The maximum Gasteiger partial charge on any atom is 0.226 e. The van der Waals surface area contributed by atoms with Crippen molar-refractivity contribution < 1.29 is 4.74 Å². The highest BCUT2D eigenvalue weighted by molar-refractivity contribution is 5.30. The molecule has 2 aromatic rings. The number of nitrogens with zero attached hydrogens (tertiary/aromatic N) is 4. The van der Waals surface area contributed by atoms with Crippen molar-refractivity contribution in [2.45, 2.75) is 26.8 Å². The van der Waals surface area contributed by atoms with Gasteiger partial charge in [0, 0.05) is 37.2 Å². The number of hydrogen-bond acceptors (Lipinski definition) is 5. The Morgan fingerprint density at radius 1 is 1.37 bits per heavy atom. The summed E-state index contributed by atoms with van der Waals surface area (Å²) < 4.78 is 7.44. The van der Waals surface area contributed by atoms with E-state index in [1.54, 1.807) is 6.20 Å². The molecule has 0 aliphatic rings. The summed E-state index contributed by atoms with van der Waals surface area (Å²) in [6.45, 7) is 6.22. The number of aromatic nitrogens is 4. The van der Waals surface area contributed by atoms with Crippen LogP contribution in [0.5, 0.6) is 5.88 Å². The summed E-state index contributed by atoms with van der Waals surface area (Å²) in [4.78, 5) is 12.6. The van der Waals surface area contributed by atoms with E-state index in [1.807, 2.05) is 37.0 Å². The molecule has 0 unspecified atom stereocenters. The van der Waals surface area contributed by atoms with Crippen LogP contribution in [0.25, 0.3) is 0 Å². The van der Waals surface area contributed by atoms with Crippen LogP contribution in [0.4, 0.5) is 5.95 Å². The summed E-state index contributed by atoms with van der Waals surface area (Å²) in [5, 5.41) is 3.21. The zero-order valence-corrected chi connectivity index (χ0v) is 11.3. The van der Waals surface area contributed by atoms with E-state index in [-0.39, 0.29) is 0 Å². The first kappa shape index (κ1) is 13.3. The molecule has 0 aromatic carbocycles. The fourth-order valence-corrected chi connectivity index (χ4v) is 1.72. The molecule has 2 heterocycles. The minimum Gasteiger partial charge on any atom is -0.478 e. The molecule has 0 amide bonds. The number of aryl methyl sites for hydroxylation is 2. The molecule has 0 atom stereocenters. The summed E-state index contributed by atoms with van der Waals surface area (Å²) in [5.41, 5.74) is 0.899. The number of rotatable bonds is 7. The fourth-order valence-electron chi connectivity index (χ4n) is 1.72. The van der Waals surface area contributed by atoms with E-state index in [0.717, 1.165) is 25.2 Å². The smallest absolute Gasteiger partial charge is 0.226 e. The Kier molecular flexibility index (Phi) is 4.72. The zero-order chi connectivity index (χ0) is 13.5. The van der Waals surface area contributed by atoms with Crippen LogP contribution < -0.4 is 10.1 Å². The Balaban J connectivity index is 1.81. The average molecular weight is 261 g/mol. The van der Waals surface area contributed by atoms with E-state index in [9.17, 15) is 0 Å². The quantitative estimate of drug-likeness (QED) is 0.771. The van der Waals surface area contributed by atoms with Gasteiger partial charge in [-0.2, -0.15) is 4.98 Å². The van der Waals surface area contributed by atoms with Crippen LogP contribution >= 0.6 is 0 Å². The van der Waals surface area contributed by atoms with E-state index in [0.29, 0.717) is 18.4 Å². The predicted molar refractivity (Wildman–Crippen MR) is 73.3 cm³/mol. The van der Waals surface area contributed by atoms with Gasteiger partial charge in [0.25, 0.3) is 0 Å². The fraction of sp³-hybridized carbons (Fsp3) is 0.462. The summed E-state index contributed by atoms with van der Waals surface area (Å²) in [7, 11) is 0. The standard InChI is InChI=1S/C13H19N5O/c1-3-19-12-9-11(2)16-13(17-12)15-5-4-7-18-8-6-14-10-18/h6,8-10H,3-5,7H2,1-2H3,(H,15,16,17). The van der Waals surface area contributed by atoms with Gasteiger partial charge in [0.05, 0.1) is 12.9 Å². The van der Waals surface area contributed by atoms with Crippen LogP contribution in [0, 0.1) is 6.92 Å². The Labute approximate surface area is 112 Å². The van der Waals surface area contributed by atoms with Gasteiger partial charge < -0.3 is 14.6 Å². The molecule has 6 heteroatoms. The molecule has 2 rings (SSSR count). The number of ether oxygens (including phenoxy) is 1. The van der Waals surface area contributed by atoms with Crippen LogP contribution in [0.2, 0.25) is 0 Å². The predicted octanol–water partition coefficient (Wildman–Crippen LogP) is 1.88. The number of anilines is 1. The van der Waals surface area contributed by atoms with Gasteiger partial charge in [0.2, 0.25) is 11.8 Å². The van der Waals surface area contributed by atoms with Gasteiger partial charge >= 0.3 is 0 Å². The van der Waals surface area contributed by atoms with Gasteiger partial charge in [-0.15, -0.1) is 0 Å².